The van der Waals surface area contributed by atoms with Crippen LogP contribution >= 0.6 is 11.3 Å². The molecule has 8 heteroatoms. The Morgan fingerprint density at radius 2 is 1.90 bits per heavy atom. The van der Waals surface area contributed by atoms with Crippen molar-refractivity contribution >= 4 is 50.8 Å². The fourth-order valence-electron chi connectivity index (χ4n) is 3.35. The molecule has 1 aromatic carbocycles. The first-order valence-electron chi connectivity index (χ1n) is 9.04. The zero-order valence-electron chi connectivity index (χ0n) is 15.6. The third-order valence-electron chi connectivity index (χ3n) is 4.69. The Hall–Kier alpha value is -3.65. The van der Waals surface area contributed by atoms with Crippen LogP contribution < -0.4 is 5.56 Å². The lowest BCUT2D eigenvalue weighted by atomic mass is 10.3. The Morgan fingerprint density at radius 3 is 2.62 bits per heavy atom. The number of benzene rings is 1. The number of hydrogen-bond donors (Lipinski definition) is 0. The predicted molar refractivity (Wildman–Crippen MR) is 117 cm³/mol. The largest absolute Gasteiger partial charge is 0.292 e. The standard InChI is InChI=1S/C21H16N6OS/c1-3-10-26-13(2)23-19-17(21(26)28)18-20(25-16-9-5-4-8-15(16)24-18)27(19)22-12-14-7-6-11-29-14/h3-9,11-12H,1,10H2,2H3. The second kappa shape index (κ2) is 6.75. The van der Waals surface area contributed by atoms with Crippen LogP contribution in [0.5, 0.6) is 0 Å². The molecule has 0 N–H and O–H groups in total. The van der Waals surface area contributed by atoms with Crippen molar-refractivity contribution < 1.29 is 0 Å². The first-order valence-corrected chi connectivity index (χ1v) is 9.92. The number of nitrogens with zero attached hydrogens (tertiary/aromatic N) is 6. The van der Waals surface area contributed by atoms with Gasteiger partial charge in [-0.15, -0.1) is 17.9 Å². The van der Waals surface area contributed by atoms with Gasteiger partial charge in [-0.3, -0.25) is 9.36 Å². The SMILES string of the molecule is C=CCn1c(C)nc2c(c1=O)c1nc3ccccc3nc1n2N=Cc1cccs1. The number of hydrogen-bond acceptors (Lipinski definition) is 6. The van der Waals surface area contributed by atoms with Gasteiger partial charge in [-0.05, 0) is 30.5 Å². The minimum atomic E-state index is -0.174. The summed E-state index contributed by atoms with van der Waals surface area (Å²) in [6.45, 7) is 5.91. The summed E-state index contributed by atoms with van der Waals surface area (Å²) in [5.74, 6) is 0.585. The van der Waals surface area contributed by atoms with E-state index < -0.39 is 0 Å². The zero-order valence-corrected chi connectivity index (χ0v) is 16.4. The van der Waals surface area contributed by atoms with E-state index in [0.717, 1.165) is 15.9 Å². The van der Waals surface area contributed by atoms with Crippen molar-refractivity contribution in [3.8, 4) is 0 Å². The molecule has 0 spiro atoms. The fourth-order valence-corrected chi connectivity index (χ4v) is 3.93. The van der Waals surface area contributed by atoms with Gasteiger partial charge in [-0.2, -0.15) is 9.78 Å². The molecule has 0 saturated heterocycles. The van der Waals surface area contributed by atoms with Crippen molar-refractivity contribution in [3.05, 3.63) is 75.5 Å². The van der Waals surface area contributed by atoms with Gasteiger partial charge in [0.1, 0.15) is 16.7 Å². The topological polar surface area (TPSA) is 78.0 Å². The number of aryl methyl sites for hydroxylation is 1. The minimum Gasteiger partial charge on any atom is -0.292 e. The lowest BCUT2D eigenvalue weighted by Gasteiger charge is -2.06. The van der Waals surface area contributed by atoms with Gasteiger partial charge in [-0.25, -0.2) is 15.0 Å². The molecule has 0 radical (unpaired) electrons. The van der Waals surface area contributed by atoms with Crippen LogP contribution in [-0.2, 0) is 6.54 Å². The highest BCUT2D eigenvalue weighted by Gasteiger charge is 2.20. The van der Waals surface area contributed by atoms with Gasteiger partial charge in [0.2, 0.25) is 0 Å². The first kappa shape index (κ1) is 17.4. The minimum absolute atomic E-state index is 0.174. The summed E-state index contributed by atoms with van der Waals surface area (Å²) in [6.07, 6.45) is 3.42. The smallest absolute Gasteiger partial charge is 0.265 e. The van der Waals surface area contributed by atoms with Gasteiger partial charge in [0.25, 0.3) is 5.56 Å². The highest BCUT2D eigenvalue weighted by Crippen LogP contribution is 2.25. The molecule has 0 unspecified atom stereocenters. The van der Waals surface area contributed by atoms with E-state index >= 15 is 0 Å². The molecule has 0 bridgehead atoms. The summed E-state index contributed by atoms with van der Waals surface area (Å²) in [4.78, 5) is 28.4. The lowest BCUT2D eigenvalue weighted by molar-refractivity contribution is 0.724. The van der Waals surface area contributed by atoms with Crippen molar-refractivity contribution in [2.75, 3.05) is 0 Å². The fraction of sp³-hybridized carbons (Fsp3) is 0.0952. The lowest BCUT2D eigenvalue weighted by Crippen LogP contribution is -2.23. The average Bonchev–Trinajstić information content (AvgIpc) is 3.34. The van der Waals surface area contributed by atoms with Gasteiger partial charge < -0.3 is 0 Å². The molecule has 29 heavy (non-hydrogen) atoms. The number of thiophene rings is 1. The molecular formula is C21H16N6OS. The Bertz CT molecular complexity index is 1480. The number of aromatic nitrogens is 5. The van der Waals surface area contributed by atoms with Crippen molar-refractivity contribution in [1.29, 1.82) is 0 Å². The summed E-state index contributed by atoms with van der Waals surface area (Å²) in [5.41, 5.74) is 2.73. The Labute approximate surface area is 169 Å². The summed E-state index contributed by atoms with van der Waals surface area (Å²) < 4.78 is 3.19. The predicted octanol–water partition coefficient (Wildman–Crippen LogP) is 3.73. The van der Waals surface area contributed by atoms with E-state index in [-0.39, 0.29) is 5.56 Å². The number of fused-ring (bicyclic) bond motifs is 4. The van der Waals surface area contributed by atoms with Gasteiger partial charge in [0.15, 0.2) is 11.3 Å². The molecule has 5 rings (SSSR count). The van der Waals surface area contributed by atoms with Crippen LogP contribution in [0.15, 0.2) is 64.3 Å². The van der Waals surface area contributed by atoms with Crippen molar-refractivity contribution in [2.45, 2.75) is 13.5 Å². The summed E-state index contributed by atoms with van der Waals surface area (Å²) in [6, 6.07) is 11.5. The van der Waals surface area contributed by atoms with E-state index in [4.69, 9.17) is 9.97 Å². The first-order chi connectivity index (χ1) is 14.2. The molecule has 142 valence electrons. The second-order valence-corrected chi connectivity index (χ2v) is 7.50. The van der Waals surface area contributed by atoms with Crippen LogP contribution in [-0.4, -0.2) is 30.4 Å². The van der Waals surface area contributed by atoms with Crippen molar-refractivity contribution in [1.82, 2.24) is 24.2 Å². The maximum atomic E-state index is 13.3. The molecule has 5 aromatic rings. The maximum Gasteiger partial charge on any atom is 0.265 e. The third kappa shape index (κ3) is 2.76. The Balaban J connectivity index is 1.93. The van der Waals surface area contributed by atoms with Crippen LogP contribution in [0.25, 0.3) is 33.2 Å². The highest BCUT2D eigenvalue weighted by molar-refractivity contribution is 7.11. The summed E-state index contributed by atoms with van der Waals surface area (Å²) in [7, 11) is 0. The number of para-hydroxylation sites is 2. The van der Waals surface area contributed by atoms with E-state index in [9.17, 15) is 4.79 Å². The van der Waals surface area contributed by atoms with E-state index in [1.54, 1.807) is 39.8 Å². The molecule has 0 aliphatic rings. The summed E-state index contributed by atoms with van der Waals surface area (Å²) in [5, 5.41) is 6.99. The molecule has 0 aliphatic carbocycles. The quantitative estimate of drug-likeness (QED) is 0.340. The highest BCUT2D eigenvalue weighted by atomic mass is 32.1. The van der Waals surface area contributed by atoms with E-state index in [0.29, 0.717) is 34.6 Å². The molecule has 4 heterocycles. The number of rotatable bonds is 4. The molecule has 0 saturated carbocycles. The van der Waals surface area contributed by atoms with Crippen LogP contribution in [0.2, 0.25) is 0 Å². The van der Waals surface area contributed by atoms with Gasteiger partial charge in [-0.1, -0.05) is 24.3 Å². The molecular weight excluding hydrogens is 384 g/mol. The molecule has 0 atom stereocenters. The normalized spacial score (nSPS) is 11.9. The van der Waals surface area contributed by atoms with E-state index in [1.807, 2.05) is 41.8 Å². The monoisotopic (exact) mass is 400 g/mol. The van der Waals surface area contributed by atoms with E-state index in [1.165, 1.54) is 0 Å². The summed E-state index contributed by atoms with van der Waals surface area (Å²) >= 11 is 1.58. The van der Waals surface area contributed by atoms with Gasteiger partial charge in [0.05, 0.1) is 17.2 Å². The molecule has 0 aliphatic heterocycles. The van der Waals surface area contributed by atoms with Gasteiger partial charge >= 0.3 is 0 Å². The Kier molecular flexibility index (Phi) is 4.06. The molecule has 0 amide bonds. The maximum absolute atomic E-state index is 13.3. The van der Waals surface area contributed by atoms with E-state index in [2.05, 4.69) is 16.7 Å². The average molecular weight is 400 g/mol. The zero-order chi connectivity index (χ0) is 20.0. The van der Waals surface area contributed by atoms with Crippen LogP contribution in [0.4, 0.5) is 0 Å². The molecule has 0 fully saturated rings. The number of allylic oxidation sites excluding steroid dienone is 1. The Morgan fingerprint density at radius 1 is 1.10 bits per heavy atom. The van der Waals surface area contributed by atoms with Crippen LogP contribution in [0, 0.1) is 6.92 Å². The molecule has 7 nitrogen and oxygen atoms in total. The van der Waals surface area contributed by atoms with Crippen molar-refractivity contribution in [3.63, 3.8) is 0 Å². The molecule has 4 aromatic heterocycles. The third-order valence-corrected chi connectivity index (χ3v) is 5.49. The second-order valence-electron chi connectivity index (χ2n) is 6.52. The van der Waals surface area contributed by atoms with Crippen molar-refractivity contribution in [2.24, 2.45) is 5.10 Å². The van der Waals surface area contributed by atoms with Gasteiger partial charge in [0, 0.05) is 11.4 Å². The van der Waals surface area contributed by atoms with Crippen LogP contribution in [0.3, 0.4) is 0 Å². The van der Waals surface area contributed by atoms with Crippen LogP contribution in [0.1, 0.15) is 10.7 Å².